The van der Waals surface area contributed by atoms with E-state index in [9.17, 15) is 0 Å². The minimum Gasteiger partial charge on any atom is -0.303 e. The van der Waals surface area contributed by atoms with Crippen molar-refractivity contribution in [3.8, 4) is 11.4 Å². The van der Waals surface area contributed by atoms with Gasteiger partial charge in [0.1, 0.15) is 5.82 Å². The number of nitrogens with zero attached hydrogens (tertiary/aromatic N) is 4. The maximum absolute atomic E-state index is 6.44. The minimum atomic E-state index is 0.576. The lowest BCUT2D eigenvalue weighted by Gasteiger charge is -2.10. The van der Waals surface area contributed by atoms with Crippen LogP contribution in [0.15, 0.2) is 72.8 Å². The van der Waals surface area contributed by atoms with Crippen LogP contribution in [-0.4, -0.2) is 19.5 Å². The highest BCUT2D eigenvalue weighted by Crippen LogP contribution is 2.27. The minimum absolute atomic E-state index is 0.576. The van der Waals surface area contributed by atoms with Gasteiger partial charge in [-0.25, -0.2) is 15.0 Å². The summed E-state index contributed by atoms with van der Waals surface area (Å²) in [6, 6.07) is 24.1. The number of benzene rings is 3. The molecule has 0 aliphatic carbocycles. The molecule has 0 saturated carbocycles. The van der Waals surface area contributed by atoms with E-state index in [1.165, 1.54) is 5.56 Å². The molecule has 0 radical (unpaired) electrons. The molecule has 2 aromatic heterocycles. The Morgan fingerprint density at radius 1 is 0.786 bits per heavy atom. The monoisotopic (exact) mass is 384 g/mol. The van der Waals surface area contributed by atoms with Crippen LogP contribution in [0.2, 0.25) is 5.02 Å². The summed E-state index contributed by atoms with van der Waals surface area (Å²) in [6.45, 7) is 2.65. The first-order valence-electron chi connectivity index (χ1n) is 9.12. The molecule has 4 nitrogen and oxygen atoms in total. The van der Waals surface area contributed by atoms with Crippen LogP contribution in [0.4, 0.5) is 0 Å². The Kier molecular flexibility index (Phi) is 4.06. The van der Waals surface area contributed by atoms with Crippen molar-refractivity contribution < 1.29 is 0 Å². The molecule has 5 aromatic rings. The van der Waals surface area contributed by atoms with Crippen molar-refractivity contribution in [2.45, 2.75) is 13.5 Å². The summed E-state index contributed by atoms with van der Waals surface area (Å²) in [5.74, 6) is 0.838. The Morgan fingerprint density at radius 2 is 1.46 bits per heavy atom. The first-order chi connectivity index (χ1) is 13.7. The van der Waals surface area contributed by atoms with E-state index in [0.29, 0.717) is 12.2 Å². The van der Waals surface area contributed by atoms with Crippen LogP contribution >= 0.6 is 11.6 Å². The highest BCUT2D eigenvalue weighted by molar-refractivity contribution is 6.31. The van der Waals surface area contributed by atoms with Crippen LogP contribution in [0.25, 0.3) is 33.7 Å². The van der Waals surface area contributed by atoms with Crippen molar-refractivity contribution in [1.82, 2.24) is 19.5 Å². The lowest BCUT2D eigenvalue weighted by atomic mass is 10.1. The predicted molar refractivity (Wildman–Crippen MR) is 114 cm³/mol. The van der Waals surface area contributed by atoms with Crippen molar-refractivity contribution in [2.75, 3.05) is 0 Å². The summed E-state index contributed by atoms with van der Waals surface area (Å²) >= 11 is 6.44. The molecule has 2 heterocycles. The van der Waals surface area contributed by atoms with E-state index in [0.717, 1.165) is 38.7 Å². The molecule has 0 N–H and O–H groups in total. The standard InChI is InChI=1S/C23H17ClN4/c1-15-10-12-16(13-11-15)22-27-21-23(26-20-9-5-4-8-19(20)25-21)28(22)14-17-6-2-3-7-18(17)24/h2-13H,14H2,1H3. The van der Waals surface area contributed by atoms with Gasteiger partial charge >= 0.3 is 0 Å². The Hall–Kier alpha value is -3.24. The Morgan fingerprint density at radius 3 is 2.21 bits per heavy atom. The van der Waals surface area contributed by atoms with Crippen LogP contribution < -0.4 is 0 Å². The Labute approximate surface area is 167 Å². The second-order valence-corrected chi connectivity index (χ2v) is 7.25. The van der Waals surface area contributed by atoms with Gasteiger partial charge in [-0.15, -0.1) is 0 Å². The van der Waals surface area contributed by atoms with Gasteiger partial charge in [0.05, 0.1) is 17.6 Å². The zero-order valence-corrected chi connectivity index (χ0v) is 16.1. The maximum Gasteiger partial charge on any atom is 0.198 e. The van der Waals surface area contributed by atoms with Gasteiger partial charge in [-0.05, 0) is 30.7 Å². The molecule has 28 heavy (non-hydrogen) atoms. The average Bonchev–Trinajstić information content (AvgIpc) is 3.06. The summed E-state index contributed by atoms with van der Waals surface area (Å²) in [5.41, 5.74) is 6.35. The first-order valence-corrected chi connectivity index (χ1v) is 9.50. The molecule has 0 amide bonds. The van der Waals surface area contributed by atoms with Gasteiger partial charge in [-0.1, -0.05) is 71.8 Å². The van der Waals surface area contributed by atoms with Gasteiger partial charge < -0.3 is 4.57 Å². The zero-order valence-electron chi connectivity index (χ0n) is 15.3. The molecule has 0 aliphatic heterocycles. The number of hydrogen-bond donors (Lipinski definition) is 0. The molecule has 0 atom stereocenters. The fraction of sp³-hybridized carbons (Fsp3) is 0.0870. The van der Waals surface area contributed by atoms with E-state index in [4.69, 9.17) is 26.6 Å². The topological polar surface area (TPSA) is 43.6 Å². The smallest absolute Gasteiger partial charge is 0.198 e. The maximum atomic E-state index is 6.44. The summed E-state index contributed by atoms with van der Waals surface area (Å²) in [4.78, 5) is 14.4. The van der Waals surface area contributed by atoms with E-state index in [1.54, 1.807) is 0 Å². The number of aromatic nitrogens is 4. The van der Waals surface area contributed by atoms with Crippen LogP contribution in [-0.2, 0) is 6.54 Å². The van der Waals surface area contributed by atoms with Crippen LogP contribution in [0.3, 0.4) is 0 Å². The molecule has 0 unspecified atom stereocenters. The largest absolute Gasteiger partial charge is 0.303 e. The van der Waals surface area contributed by atoms with Gasteiger partial charge in [-0.3, -0.25) is 0 Å². The fourth-order valence-electron chi connectivity index (χ4n) is 3.37. The van der Waals surface area contributed by atoms with Gasteiger partial charge in [0, 0.05) is 10.6 Å². The van der Waals surface area contributed by atoms with Gasteiger partial charge in [0.25, 0.3) is 0 Å². The van der Waals surface area contributed by atoms with E-state index >= 15 is 0 Å². The lowest BCUT2D eigenvalue weighted by molar-refractivity contribution is 0.825. The molecule has 0 aliphatic rings. The highest BCUT2D eigenvalue weighted by atomic mass is 35.5. The first kappa shape index (κ1) is 16.9. The summed E-state index contributed by atoms with van der Waals surface area (Å²) < 4.78 is 2.10. The normalized spacial score (nSPS) is 11.4. The summed E-state index contributed by atoms with van der Waals surface area (Å²) in [6.07, 6.45) is 0. The molecule has 0 bridgehead atoms. The number of fused-ring (bicyclic) bond motifs is 2. The Bertz CT molecular complexity index is 1310. The van der Waals surface area contributed by atoms with Crippen LogP contribution in [0.1, 0.15) is 11.1 Å². The number of imidazole rings is 1. The molecule has 3 aromatic carbocycles. The van der Waals surface area contributed by atoms with Gasteiger partial charge in [0.15, 0.2) is 11.3 Å². The third kappa shape index (κ3) is 2.92. The summed E-state index contributed by atoms with van der Waals surface area (Å²) in [5, 5.41) is 0.730. The zero-order chi connectivity index (χ0) is 19.1. The van der Waals surface area contributed by atoms with E-state index < -0.39 is 0 Å². The highest BCUT2D eigenvalue weighted by Gasteiger charge is 2.17. The SMILES string of the molecule is Cc1ccc(-c2nc3nc4ccccc4nc3n2Cc2ccccc2Cl)cc1. The van der Waals surface area contributed by atoms with Gasteiger partial charge in [-0.2, -0.15) is 0 Å². The van der Waals surface area contributed by atoms with Crippen molar-refractivity contribution in [3.63, 3.8) is 0 Å². The van der Waals surface area contributed by atoms with Crippen LogP contribution in [0, 0.1) is 6.92 Å². The fourth-order valence-corrected chi connectivity index (χ4v) is 3.56. The van der Waals surface area contributed by atoms with Gasteiger partial charge in [0.2, 0.25) is 0 Å². The van der Waals surface area contributed by atoms with Crippen LogP contribution in [0.5, 0.6) is 0 Å². The molecule has 0 fully saturated rings. The third-order valence-electron chi connectivity index (χ3n) is 4.85. The molecule has 0 spiro atoms. The molecule has 0 saturated heterocycles. The Balaban J connectivity index is 1.78. The quantitative estimate of drug-likeness (QED) is 0.403. The molecular formula is C23H17ClN4. The van der Waals surface area contributed by atoms with E-state index in [1.807, 2.05) is 48.5 Å². The molecular weight excluding hydrogens is 368 g/mol. The second kappa shape index (κ2) is 6.73. The molecule has 5 heteroatoms. The molecule has 5 rings (SSSR count). The number of hydrogen-bond acceptors (Lipinski definition) is 3. The molecule has 136 valence electrons. The van der Waals surface area contributed by atoms with Crippen molar-refractivity contribution in [1.29, 1.82) is 0 Å². The van der Waals surface area contributed by atoms with E-state index in [2.05, 4.69) is 35.8 Å². The average molecular weight is 385 g/mol. The lowest BCUT2D eigenvalue weighted by Crippen LogP contribution is -2.04. The second-order valence-electron chi connectivity index (χ2n) is 6.84. The number of rotatable bonds is 3. The third-order valence-corrected chi connectivity index (χ3v) is 5.22. The predicted octanol–water partition coefficient (Wildman–Crippen LogP) is 5.66. The number of aryl methyl sites for hydroxylation is 1. The van der Waals surface area contributed by atoms with Crippen molar-refractivity contribution in [3.05, 3.63) is 88.9 Å². The van der Waals surface area contributed by atoms with Crippen molar-refractivity contribution >= 4 is 33.9 Å². The summed E-state index contributed by atoms with van der Waals surface area (Å²) in [7, 11) is 0. The number of halogens is 1. The van der Waals surface area contributed by atoms with Crippen molar-refractivity contribution in [2.24, 2.45) is 0 Å². The number of para-hydroxylation sites is 2. The van der Waals surface area contributed by atoms with E-state index in [-0.39, 0.29) is 0 Å².